The van der Waals surface area contributed by atoms with Gasteiger partial charge in [-0.05, 0) is 23.6 Å². The number of Topliss-reactive ketones (excluding diaryl/α,β-unsaturated/α-hetero) is 1. The van der Waals surface area contributed by atoms with E-state index < -0.39 is 40.6 Å². The Hall–Kier alpha value is -3.71. The van der Waals surface area contributed by atoms with Crippen LogP contribution in [0.5, 0.6) is 0 Å². The van der Waals surface area contributed by atoms with Crippen molar-refractivity contribution in [1.82, 2.24) is 10.6 Å². The number of nitro groups is 1. The summed E-state index contributed by atoms with van der Waals surface area (Å²) in [6.45, 7) is 0. The number of halogens is 3. The molecule has 0 bridgehead atoms. The molecule has 3 heterocycles. The number of urea groups is 1. The molecule has 3 aromatic rings. The third-order valence-electron chi connectivity index (χ3n) is 5.13. The fourth-order valence-electron chi connectivity index (χ4n) is 3.60. The first-order valence-corrected chi connectivity index (χ1v) is 10.2. The minimum Gasteiger partial charge on any atom is -0.459 e. The maximum absolute atomic E-state index is 13.9. The summed E-state index contributed by atoms with van der Waals surface area (Å²) in [7, 11) is 0. The van der Waals surface area contributed by atoms with E-state index in [1.807, 2.05) is 0 Å². The number of hydrogen-bond acceptors (Lipinski definition) is 7. The van der Waals surface area contributed by atoms with E-state index in [0.717, 1.165) is 11.3 Å². The molecule has 1 fully saturated rings. The molecule has 1 saturated heterocycles. The normalized spacial score (nSPS) is 23.0. The van der Waals surface area contributed by atoms with Gasteiger partial charge in [-0.15, -0.1) is 11.3 Å². The van der Waals surface area contributed by atoms with Crippen LogP contribution in [-0.2, 0) is 0 Å². The van der Waals surface area contributed by atoms with Crippen molar-refractivity contribution in [3.63, 3.8) is 0 Å². The third kappa shape index (κ3) is 3.96. The quantitative estimate of drug-likeness (QED) is 0.286. The first-order chi connectivity index (χ1) is 15.5. The summed E-state index contributed by atoms with van der Waals surface area (Å²) in [4.78, 5) is 35.4. The van der Waals surface area contributed by atoms with Gasteiger partial charge >= 0.3 is 12.2 Å². The van der Waals surface area contributed by atoms with Crippen LogP contribution in [0.2, 0.25) is 0 Å². The van der Waals surface area contributed by atoms with E-state index in [9.17, 15) is 38.0 Å². The van der Waals surface area contributed by atoms with Crippen LogP contribution in [0.1, 0.15) is 21.5 Å². The van der Waals surface area contributed by atoms with Crippen LogP contribution in [0.4, 0.5) is 23.7 Å². The minimum absolute atomic E-state index is 0.0550. The molecule has 3 atom stereocenters. The van der Waals surface area contributed by atoms with Crippen LogP contribution in [0, 0.1) is 16.0 Å². The molecule has 0 unspecified atom stereocenters. The zero-order valence-corrected chi connectivity index (χ0v) is 17.1. The lowest BCUT2D eigenvalue weighted by molar-refractivity contribution is -0.384. The number of non-ortho nitro benzene ring substituents is 1. The summed E-state index contributed by atoms with van der Waals surface area (Å²) in [5, 5.41) is 26.7. The van der Waals surface area contributed by atoms with E-state index in [0.29, 0.717) is 0 Å². The van der Waals surface area contributed by atoms with Crippen LogP contribution in [-0.4, -0.2) is 33.7 Å². The number of benzene rings is 1. The highest BCUT2D eigenvalue weighted by Gasteiger charge is 2.67. The van der Waals surface area contributed by atoms with Gasteiger partial charge in [-0.1, -0.05) is 18.2 Å². The Morgan fingerprint density at radius 3 is 2.61 bits per heavy atom. The van der Waals surface area contributed by atoms with Gasteiger partial charge in [0.25, 0.3) is 5.69 Å². The van der Waals surface area contributed by atoms with Gasteiger partial charge in [0.1, 0.15) is 23.5 Å². The monoisotopic (exact) mass is 481 g/mol. The Balaban J connectivity index is 1.79. The number of hydrogen-bond donors (Lipinski definition) is 3. The Morgan fingerprint density at radius 1 is 1.21 bits per heavy atom. The molecule has 1 aliphatic heterocycles. The largest absolute Gasteiger partial charge is 0.459 e. The number of nitrogens with one attached hydrogen (secondary N) is 2. The van der Waals surface area contributed by atoms with Gasteiger partial charge in [-0.3, -0.25) is 14.9 Å². The molecule has 9 nitrogen and oxygen atoms in total. The second kappa shape index (κ2) is 8.01. The highest BCUT2D eigenvalue weighted by atomic mass is 32.1. The van der Waals surface area contributed by atoms with E-state index >= 15 is 0 Å². The van der Waals surface area contributed by atoms with Gasteiger partial charge in [0.15, 0.2) is 5.78 Å². The molecule has 172 valence electrons. The molecule has 2 aromatic heterocycles. The number of amides is 2. The van der Waals surface area contributed by atoms with Crippen molar-refractivity contribution in [2.45, 2.75) is 17.9 Å². The van der Waals surface area contributed by atoms with E-state index in [2.05, 4.69) is 5.32 Å². The minimum atomic E-state index is -5.39. The molecule has 1 aliphatic rings. The van der Waals surface area contributed by atoms with E-state index in [-0.39, 0.29) is 27.6 Å². The third-order valence-corrected chi connectivity index (χ3v) is 6.01. The fraction of sp³-hybridized carbons (Fsp3) is 0.200. The molecule has 4 rings (SSSR count). The number of ketones is 1. The number of rotatable bonds is 5. The van der Waals surface area contributed by atoms with E-state index in [1.165, 1.54) is 59.2 Å². The average molecular weight is 481 g/mol. The second-order valence-corrected chi connectivity index (χ2v) is 8.12. The Labute approximate surface area is 187 Å². The van der Waals surface area contributed by atoms with Crippen LogP contribution in [0.25, 0.3) is 11.3 Å². The first kappa shape index (κ1) is 22.5. The lowest BCUT2D eigenvalue weighted by Gasteiger charge is -2.44. The van der Waals surface area contributed by atoms with Gasteiger partial charge in [0.2, 0.25) is 5.72 Å². The molecular weight excluding hydrogens is 467 g/mol. The molecular formula is C20H14F3N3O6S. The summed E-state index contributed by atoms with van der Waals surface area (Å²) in [5.41, 5.74) is -3.86. The molecule has 0 saturated carbocycles. The Morgan fingerprint density at radius 2 is 1.97 bits per heavy atom. The molecule has 2 amide bonds. The highest BCUT2D eigenvalue weighted by molar-refractivity contribution is 7.12. The number of furan rings is 1. The topological polar surface area (TPSA) is 135 Å². The summed E-state index contributed by atoms with van der Waals surface area (Å²) in [6.07, 6.45) is -5.39. The summed E-state index contributed by atoms with van der Waals surface area (Å²) in [6, 6.07) is 7.61. The first-order valence-electron chi connectivity index (χ1n) is 9.31. The summed E-state index contributed by atoms with van der Waals surface area (Å²) >= 11 is 0.878. The van der Waals surface area contributed by atoms with Crippen molar-refractivity contribution in [3.05, 3.63) is 74.7 Å². The van der Waals surface area contributed by atoms with Crippen LogP contribution in [0.3, 0.4) is 0 Å². The van der Waals surface area contributed by atoms with Crippen LogP contribution in [0.15, 0.2) is 58.3 Å². The highest BCUT2D eigenvalue weighted by Crippen LogP contribution is 2.45. The summed E-state index contributed by atoms with van der Waals surface area (Å²) in [5.74, 6) is -3.48. The molecule has 13 heteroatoms. The average Bonchev–Trinajstić information content (AvgIpc) is 3.44. The maximum atomic E-state index is 13.9. The fourth-order valence-corrected chi connectivity index (χ4v) is 4.30. The Bertz CT molecular complexity index is 1230. The molecule has 0 radical (unpaired) electrons. The van der Waals surface area contributed by atoms with Crippen molar-refractivity contribution in [3.8, 4) is 11.3 Å². The lowest BCUT2D eigenvalue weighted by atomic mass is 9.80. The number of nitrogens with zero attached hydrogens (tertiary/aromatic N) is 1. The second-order valence-electron chi connectivity index (χ2n) is 7.17. The van der Waals surface area contributed by atoms with Crippen molar-refractivity contribution in [1.29, 1.82) is 0 Å². The zero-order chi connectivity index (χ0) is 24.0. The van der Waals surface area contributed by atoms with Crippen molar-refractivity contribution in [2.75, 3.05) is 0 Å². The standard InChI is InChI=1S/C20H14F3N3O6S/c21-20(22,23)19(29)15(17(27)14-5-2-8-33-14)16(24-18(28)25-19)13-7-6-12(32-13)10-3-1-4-11(9-10)26(30)31/h1-9,15-16,29H,(H2,24,25,28)/t15-,16+,19+/m1/s1. The van der Waals surface area contributed by atoms with Crippen molar-refractivity contribution in [2.24, 2.45) is 5.92 Å². The van der Waals surface area contributed by atoms with E-state index in [4.69, 9.17) is 4.42 Å². The predicted molar refractivity (Wildman–Crippen MR) is 108 cm³/mol. The number of thiophene rings is 1. The number of carbonyl (C=O) groups is 2. The molecule has 0 spiro atoms. The summed E-state index contributed by atoms with van der Waals surface area (Å²) < 4.78 is 47.3. The SMILES string of the molecule is O=C1N[C@@H](c2ccc(-c3cccc([N+](=O)[O-])c3)o2)[C@H](C(=O)c2cccs2)[C@](O)(C(F)(F)F)N1. The molecule has 0 aliphatic carbocycles. The van der Waals surface area contributed by atoms with Gasteiger partial charge in [-0.25, -0.2) is 4.79 Å². The number of aliphatic hydroxyl groups is 1. The van der Waals surface area contributed by atoms with Gasteiger partial charge < -0.3 is 20.2 Å². The van der Waals surface area contributed by atoms with Crippen LogP contribution < -0.4 is 10.6 Å². The molecule has 1 aromatic carbocycles. The van der Waals surface area contributed by atoms with E-state index in [1.54, 1.807) is 0 Å². The number of carbonyl (C=O) groups excluding carboxylic acids is 2. The van der Waals surface area contributed by atoms with Gasteiger partial charge in [0, 0.05) is 17.7 Å². The predicted octanol–water partition coefficient (Wildman–Crippen LogP) is 4.02. The van der Waals surface area contributed by atoms with Crippen LogP contribution >= 0.6 is 11.3 Å². The van der Waals surface area contributed by atoms with Crippen molar-refractivity contribution < 1.29 is 37.2 Å². The smallest absolute Gasteiger partial charge is 0.437 e. The number of alkyl halides is 3. The van der Waals surface area contributed by atoms with Gasteiger partial charge in [-0.2, -0.15) is 13.2 Å². The molecule has 3 N–H and O–H groups in total. The van der Waals surface area contributed by atoms with Gasteiger partial charge in [0.05, 0.1) is 9.80 Å². The maximum Gasteiger partial charge on any atom is 0.437 e. The van der Waals surface area contributed by atoms with Crippen molar-refractivity contribution >= 4 is 28.8 Å². The lowest BCUT2D eigenvalue weighted by Crippen LogP contribution is -2.72. The number of nitro benzene ring substituents is 1. The zero-order valence-electron chi connectivity index (χ0n) is 16.3. The molecule has 33 heavy (non-hydrogen) atoms. The Kier molecular flexibility index (Phi) is 5.46.